The lowest BCUT2D eigenvalue weighted by molar-refractivity contribution is -0.154. The van der Waals surface area contributed by atoms with E-state index in [0.717, 1.165) is 41.5 Å². The van der Waals surface area contributed by atoms with Gasteiger partial charge in [0.15, 0.2) is 5.78 Å². The van der Waals surface area contributed by atoms with Gasteiger partial charge in [-0.05, 0) is 53.4 Å². The number of ketones is 2. The van der Waals surface area contributed by atoms with E-state index in [0.29, 0.717) is 18.8 Å². The molecular weight excluding hydrogens is 530 g/mol. The first-order chi connectivity index (χ1) is 20.1. The van der Waals surface area contributed by atoms with Crippen LogP contribution in [0.3, 0.4) is 0 Å². The van der Waals surface area contributed by atoms with Gasteiger partial charge in [-0.2, -0.15) is 0 Å². The van der Waals surface area contributed by atoms with E-state index in [1.807, 2.05) is 50.2 Å². The SMILES string of the molecule is CC[C@H](C)[C@H](CC(=O)CNC(=O)OCC1c2ccccc2-c2ccccc21)C(=O)OC[C@H](CCCC(C)C)CC(C)=O. The molecule has 1 N–H and O–H groups in total. The molecule has 1 amide bonds. The fourth-order valence-electron chi connectivity index (χ4n) is 5.71. The van der Waals surface area contributed by atoms with Crippen LogP contribution in [0.5, 0.6) is 0 Å². The van der Waals surface area contributed by atoms with Crippen molar-refractivity contribution in [2.75, 3.05) is 19.8 Å². The van der Waals surface area contributed by atoms with Gasteiger partial charge in [-0.3, -0.25) is 9.59 Å². The van der Waals surface area contributed by atoms with Gasteiger partial charge in [0.05, 0.1) is 19.1 Å². The van der Waals surface area contributed by atoms with Gasteiger partial charge in [0, 0.05) is 18.8 Å². The zero-order chi connectivity index (χ0) is 30.6. The van der Waals surface area contributed by atoms with Gasteiger partial charge in [-0.25, -0.2) is 4.79 Å². The van der Waals surface area contributed by atoms with Crippen molar-refractivity contribution in [2.24, 2.45) is 23.7 Å². The number of fused-ring (bicyclic) bond motifs is 3. The zero-order valence-electron chi connectivity index (χ0n) is 25.8. The number of nitrogens with one attached hydrogen (secondary N) is 1. The van der Waals surface area contributed by atoms with Crippen molar-refractivity contribution in [3.8, 4) is 11.1 Å². The minimum absolute atomic E-state index is 0.0197. The molecule has 3 atom stereocenters. The van der Waals surface area contributed by atoms with Gasteiger partial charge < -0.3 is 19.6 Å². The van der Waals surface area contributed by atoms with Crippen LogP contribution in [0.1, 0.15) is 90.2 Å². The highest BCUT2D eigenvalue weighted by molar-refractivity contribution is 5.88. The number of carbonyl (C=O) groups is 4. The summed E-state index contributed by atoms with van der Waals surface area (Å²) in [6.45, 7) is 9.89. The molecule has 1 aliphatic carbocycles. The molecule has 0 radical (unpaired) electrons. The molecule has 3 rings (SSSR count). The molecule has 0 saturated carbocycles. The fraction of sp³-hybridized carbons (Fsp3) is 0.543. The van der Waals surface area contributed by atoms with E-state index < -0.39 is 18.0 Å². The molecule has 7 nitrogen and oxygen atoms in total. The molecule has 0 bridgehead atoms. The predicted molar refractivity (Wildman–Crippen MR) is 164 cm³/mol. The van der Waals surface area contributed by atoms with Crippen molar-refractivity contribution in [1.82, 2.24) is 5.32 Å². The molecule has 0 heterocycles. The molecule has 2 aromatic carbocycles. The van der Waals surface area contributed by atoms with Crippen molar-refractivity contribution in [3.63, 3.8) is 0 Å². The number of hydrogen-bond acceptors (Lipinski definition) is 6. The molecule has 7 heteroatoms. The van der Waals surface area contributed by atoms with E-state index in [4.69, 9.17) is 9.47 Å². The van der Waals surface area contributed by atoms with E-state index in [9.17, 15) is 19.2 Å². The standard InChI is InChI=1S/C35H47NO6/c1-6-24(4)32(34(39)41-21-26(18-25(5)37)13-11-12-23(2)3)19-27(38)20-36-35(40)42-22-33-30-16-9-7-14-28(30)29-15-8-10-17-31(29)33/h7-10,14-17,23-24,26,32-33H,6,11-13,18-22H2,1-5H3,(H,36,40)/t24-,26+,32-/m0/s1. The maximum Gasteiger partial charge on any atom is 0.407 e. The summed E-state index contributed by atoms with van der Waals surface area (Å²) in [4.78, 5) is 50.2. The Labute approximate surface area is 250 Å². The topological polar surface area (TPSA) is 98.8 Å². The summed E-state index contributed by atoms with van der Waals surface area (Å²) in [6, 6.07) is 16.2. The number of amides is 1. The Bertz CT molecular complexity index is 1180. The lowest BCUT2D eigenvalue weighted by atomic mass is 9.87. The van der Waals surface area contributed by atoms with Crippen LogP contribution in [0.4, 0.5) is 4.79 Å². The minimum Gasteiger partial charge on any atom is -0.465 e. The summed E-state index contributed by atoms with van der Waals surface area (Å²) in [5.41, 5.74) is 4.51. The van der Waals surface area contributed by atoms with Crippen LogP contribution < -0.4 is 5.32 Å². The van der Waals surface area contributed by atoms with Crippen LogP contribution >= 0.6 is 0 Å². The molecule has 0 aromatic heterocycles. The van der Waals surface area contributed by atoms with Gasteiger partial charge in [-0.1, -0.05) is 95.5 Å². The first kappa shape index (κ1) is 33.0. The number of esters is 1. The summed E-state index contributed by atoms with van der Waals surface area (Å²) in [5, 5.41) is 2.56. The second kappa shape index (κ2) is 16.2. The number of hydrogen-bond donors (Lipinski definition) is 1. The average molecular weight is 578 g/mol. The third-order valence-electron chi connectivity index (χ3n) is 8.29. The summed E-state index contributed by atoms with van der Waals surface area (Å²) >= 11 is 0. The molecule has 1 aliphatic rings. The second-order valence-corrected chi connectivity index (χ2v) is 12.1. The van der Waals surface area contributed by atoms with Gasteiger partial charge in [0.1, 0.15) is 12.4 Å². The third kappa shape index (κ3) is 9.53. The summed E-state index contributed by atoms with van der Waals surface area (Å²) < 4.78 is 11.2. The van der Waals surface area contributed by atoms with Crippen LogP contribution in [-0.4, -0.2) is 43.4 Å². The molecule has 0 spiro atoms. The first-order valence-corrected chi connectivity index (χ1v) is 15.4. The van der Waals surface area contributed by atoms with Crippen LogP contribution in [0, 0.1) is 23.7 Å². The Morgan fingerprint density at radius 3 is 2.05 bits per heavy atom. The minimum atomic E-state index is -0.665. The third-order valence-corrected chi connectivity index (χ3v) is 8.29. The second-order valence-electron chi connectivity index (χ2n) is 12.1. The Morgan fingerprint density at radius 2 is 1.48 bits per heavy atom. The van der Waals surface area contributed by atoms with Gasteiger partial charge >= 0.3 is 12.1 Å². The lowest BCUT2D eigenvalue weighted by Crippen LogP contribution is -2.34. The van der Waals surface area contributed by atoms with Gasteiger partial charge in [-0.15, -0.1) is 0 Å². The Morgan fingerprint density at radius 1 is 0.857 bits per heavy atom. The number of carbonyl (C=O) groups excluding carboxylic acids is 4. The van der Waals surface area contributed by atoms with Crippen LogP contribution in [-0.2, 0) is 23.9 Å². The molecule has 2 aromatic rings. The maximum atomic E-state index is 13.1. The van der Waals surface area contributed by atoms with Crippen molar-refractivity contribution >= 4 is 23.6 Å². The number of ether oxygens (including phenoxy) is 2. The molecule has 228 valence electrons. The number of rotatable bonds is 17. The van der Waals surface area contributed by atoms with Crippen molar-refractivity contribution in [1.29, 1.82) is 0 Å². The number of Topliss-reactive ketones (excluding diaryl/α,β-unsaturated/α-hetero) is 2. The normalized spacial score (nSPS) is 14.4. The molecule has 0 fully saturated rings. The predicted octanol–water partition coefficient (Wildman–Crippen LogP) is 7.11. The van der Waals surface area contributed by atoms with Gasteiger partial charge in [0.2, 0.25) is 0 Å². The zero-order valence-corrected chi connectivity index (χ0v) is 25.8. The average Bonchev–Trinajstić information content (AvgIpc) is 3.29. The highest BCUT2D eigenvalue weighted by atomic mass is 16.5. The molecule has 0 saturated heterocycles. The largest absolute Gasteiger partial charge is 0.465 e. The highest BCUT2D eigenvalue weighted by Crippen LogP contribution is 2.44. The monoisotopic (exact) mass is 577 g/mol. The van der Waals surface area contributed by atoms with E-state index in [2.05, 4.69) is 31.3 Å². The lowest BCUT2D eigenvalue weighted by Gasteiger charge is -2.23. The molecule has 42 heavy (non-hydrogen) atoms. The van der Waals surface area contributed by atoms with E-state index in [-0.39, 0.29) is 55.5 Å². The molecular formula is C35H47NO6. The van der Waals surface area contributed by atoms with Crippen LogP contribution in [0.2, 0.25) is 0 Å². The van der Waals surface area contributed by atoms with Crippen LogP contribution in [0.15, 0.2) is 48.5 Å². The number of alkyl carbamates (subject to hydrolysis) is 1. The van der Waals surface area contributed by atoms with E-state index >= 15 is 0 Å². The number of benzene rings is 2. The smallest absolute Gasteiger partial charge is 0.407 e. The van der Waals surface area contributed by atoms with Crippen molar-refractivity contribution in [2.45, 2.75) is 79.1 Å². The summed E-state index contributed by atoms with van der Waals surface area (Å²) in [7, 11) is 0. The van der Waals surface area contributed by atoms with Gasteiger partial charge in [0.25, 0.3) is 0 Å². The summed E-state index contributed by atoms with van der Waals surface area (Å²) in [6.07, 6.45) is 3.25. The quantitative estimate of drug-likeness (QED) is 0.201. The van der Waals surface area contributed by atoms with Crippen molar-refractivity contribution < 1.29 is 28.7 Å². The first-order valence-electron chi connectivity index (χ1n) is 15.4. The summed E-state index contributed by atoms with van der Waals surface area (Å²) in [5.74, 6) is -0.793. The molecule has 0 unspecified atom stereocenters. The van der Waals surface area contributed by atoms with Crippen molar-refractivity contribution in [3.05, 3.63) is 59.7 Å². The van der Waals surface area contributed by atoms with E-state index in [1.54, 1.807) is 6.92 Å². The Hall–Kier alpha value is -3.48. The van der Waals surface area contributed by atoms with E-state index in [1.165, 1.54) is 0 Å². The fourth-order valence-corrected chi connectivity index (χ4v) is 5.71. The Kier molecular flexibility index (Phi) is 12.8. The molecule has 0 aliphatic heterocycles. The van der Waals surface area contributed by atoms with Crippen LogP contribution in [0.25, 0.3) is 11.1 Å². The highest BCUT2D eigenvalue weighted by Gasteiger charge is 2.31. The maximum absolute atomic E-state index is 13.1. The Balaban J connectivity index is 1.49.